The van der Waals surface area contributed by atoms with Crippen molar-refractivity contribution in [2.75, 3.05) is 13.2 Å². The number of benzene rings is 3. The molecule has 2 heterocycles. The summed E-state index contributed by atoms with van der Waals surface area (Å²) in [6.07, 6.45) is 4.71. The topological polar surface area (TPSA) is 80.0 Å². The van der Waals surface area contributed by atoms with Gasteiger partial charge in [-0.2, -0.15) is 0 Å². The fourth-order valence-corrected chi connectivity index (χ4v) is 7.11. The van der Waals surface area contributed by atoms with Crippen LogP contribution in [0.3, 0.4) is 0 Å². The first-order chi connectivity index (χ1) is 20.2. The number of halogens is 1. The number of likely N-dealkylation sites (tertiary alicyclic amines) is 1. The minimum Gasteiger partial charge on any atom is -0.483 e. The lowest BCUT2D eigenvalue weighted by Gasteiger charge is -2.52. The van der Waals surface area contributed by atoms with Crippen molar-refractivity contribution in [3.8, 4) is 5.75 Å². The van der Waals surface area contributed by atoms with Crippen molar-refractivity contribution in [1.29, 1.82) is 0 Å². The number of hydrogen-bond donors (Lipinski definition) is 1. The van der Waals surface area contributed by atoms with Crippen LogP contribution in [0.5, 0.6) is 5.75 Å². The molecule has 0 bridgehead atoms. The van der Waals surface area contributed by atoms with E-state index >= 15 is 0 Å². The lowest BCUT2D eigenvalue weighted by Crippen LogP contribution is -2.56. The highest BCUT2D eigenvalue weighted by Gasteiger charge is 2.50. The highest BCUT2D eigenvalue weighted by atomic mass is 35.5. The molecule has 218 valence electrons. The zero-order chi connectivity index (χ0) is 29.4. The molecule has 1 saturated carbocycles. The average Bonchev–Trinajstić information content (AvgIpc) is 2.99. The second-order valence-electron chi connectivity index (χ2n) is 11.8. The summed E-state index contributed by atoms with van der Waals surface area (Å²) >= 11 is 6.18. The van der Waals surface area contributed by atoms with Gasteiger partial charge in [0.25, 0.3) is 5.91 Å². The third kappa shape index (κ3) is 5.34. The van der Waals surface area contributed by atoms with Crippen LogP contribution >= 0.6 is 11.6 Å². The predicted molar refractivity (Wildman–Crippen MR) is 164 cm³/mol. The summed E-state index contributed by atoms with van der Waals surface area (Å²) in [6, 6.07) is 20.9. The Morgan fingerprint density at radius 3 is 2.55 bits per heavy atom. The fourth-order valence-electron chi connectivity index (χ4n) is 6.99. The van der Waals surface area contributed by atoms with Crippen molar-refractivity contribution >= 4 is 28.5 Å². The van der Waals surface area contributed by atoms with Gasteiger partial charge in [-0.25, -0.2) is 4.79 Å². The van der Waals surface area contributed by atoms with Gasteiger partial charge in [0.1, 0.15) is 11.3 Å². The Balaban J connectivity index is 1.25. The molecular weight excluding hydrogens is 550 g/mol. The number of carbonyl (C=O) groups excluding carboxylic acids is 1. The molecule has 4 aromatic rings. The number of nitrogens with zero attached hydrogens (tertiary/aromatic N) is 1. The largest absolute Gasteiger partial charge is 0.483 e. The maximum absolute atomic E-state index is 13.7. The Hall–Kier alpha value is -3.61. The first kappa shape index (κ1) is 28.5. The number of amides is 1. The average molecular weight is 586 g/mol. The second kappa shape index (κ2) is 11.6. The molecule has 3 aromatic carbocycles. The number of aryl methyl sites for hydroxylation is 2. The van der Waals surface area contributed by atoms with E-state index in [4.69, 9.17) is 20.8 Å². The molecule has 1 aliphatic heterocycles. The van der Waals surface area contributed by atoms with Gasteiger partial charge in [-0.3, -0.25) is 4.79 Å². The minimum absolute atomic E-state index is 0.0464. The van der Waals surface area contributed by atoms with E-state index in [0.29, 0.717) is 46.9 Å². The van der Waals surface area contributed by atoms with E-state index in [9.17, 15) is 14.7 Å². The van der Waals surface area contributed by atoms with Gasteiger partial charge >= 0.3 is 5.63 Å². The molecule has 1 aromatic heterocycles. The smallest absolute Gasteiger partial charge is 0.340 e. The van der Waals surface area contributed by atoms with Gasteiger partial charge in [0, 0.05) is 40.4 Å². The first-order valence-electron chi connectivity index (χ1n) is 14.7. The molecule has 2 aliphatic rings. The lowest BCUT2D eigenvalue weighted by atomic mass is 9.66. The van der Waals surface area contributed by atoms with Crippen molar-refractivity contribution in [2.45, 2.75) is 64.0 Å². The van der Waals surface area contributed by atoms with Gasteiger partial charge in [-0.1, -0.05) is 66.9 Å². The van der Waals surface area contributed by atoms with Crippen LogP contribution in [0, 0.1) is 19.8 Å². The molecule has 1 aliphatic carbocycles. The Labute approximate surface area is 250 Å². The van der Waals surface area contributed by atoms with E-state index in [0.717, 1.165) is 47.8 Å². The van der Waals surface area contributed by atoms with Gasteiger partial charge in [-0.05, 0) is 74.1 Å². The van der Waals surface area contributed by atoms with Crippen molar-refractivity contribution in [3.63, 3.8) is 0 Å². The van der Waals surface area contributed by atoms with Crippen LogP contribution in [0.2, 0.25) is 5.02 Å². The molecule has 42 heavy (non-hydrogen) atoms. The molecule has 1 amide bonds. The van der Waals surface area contributed by atoms with Crippen LogP contribution in [0.15, 0.2) is 75.9 Å². The maximum Gasteiger partial charge on any atom is 0.340 e. The number of rotatable bonds is 6. The van der Waals surface area contributed by atoms with E-state index in [1.807, 2.05) is 85.5 Å². The summed E-state index contributed by atoms with van der Waals surface area (Å²) < 4.78 is 11.9. The number of ether oxygens (including phenoxy) is 1. The quantitative estimate of drug-likeness (QED) is 0.248. The van der Waals surface area contributed by atoms with E-state index in [1.54, 1.807) is 0 Å². The molecule has 6 rings (SSSR count). The Bertz CT molecular complexity index is 1670. The lowest BCUT2D eigenvalue weighted by molar-refractivity contribution is -0.157. The van der Waals surface area contributed by atoms with Crippen LogP contribution in [0.25, 0.3) is 11.0 Å². The van der Waals surface area contributed by atoms with E-state index in [1.165, 1.54) is 0 Å². The molecule has 3 atom stereocenters. The molecule has 2 fully saturated rings. The number of hydrogen-bond acceptors (Lipinski definition) is 5. The standard InChI is InChI=1S/C35H36ClNO5/c1-22-27-15-16-30(23(2)33(27)42-34(39)28(22)20-24-8-4-3-5-9-24)41-21-31(38)37-19-18-35(40)17-7-6-10-29(35)32(37)25-11-13-26(36)14-12-25/h3-5,8-9,11-16,29,32,40H,6-7,10,17-21H2,1-2H3/t29-,32+,35+/m0/s1. The summed E-state index contributed by atoms with van der Waals surface area (Å²) in [7, 11) is 0. The van der Waals surface area contributed by atoms with Crippen molar-refractivity contribution in [1.82, 2.24) is 4.90 Å². The van der Waals surface area contributed by atoms with E-state index < -0.39 is 5.60 Å². The van der Waals surface area contributed by atoms with Crippen LogP contribution in [-0.2, 0) is 11.2 Å². The fraction of sp³-hybridized carbons (Fsp3) is 0.371. The number of aliphatic hydroxyl groups is 1. The molecule has 7 heteroatoms. The number of carbonyl (C=O) groups is 1. The van der Waals surface area contributed by atoms with Crippen molar-refractivity contribution in [3.05, 3.63) is 110 Å². The summed E-state index contributed by atoms with van der Waals surface area (Å²) in [4.78, 5) is 28.6. The molecule has 6 nitrogen and oxygen atoms in total. The number of piperidine rings is 1. The van der Waals surface area contributed by atoms with Gasteiger partial charge in [-0.15, -0.1) is 0 Å². The molecule has 0 unspecified atom stereocenters. The van der Waals surface area contributed by atoms with Crippen LogP contribution in [0.1, 0.15) is 66.0 Å². The third-order valence-corrected chi connectivity index (χ3v) is 9.58. The van der Waals surface area contributed by atoms with Gasteiger partial charge in [0.05, 0.1) is 11.6 Å². The number of fused-ring (bicyclic) bond motifs is 2. The molecule has 1 saturated heterocycles. The maximum atomic E-state index is 13.7. The summed E-state index contributed by atoms with van der Waals surface area (Å²) in [5, 5.41) is 13.0. The van der Waals surface area contributed by atoms with E-state index in [-0.39, 0.29) is 30.1 Å². The Morgan fingerprint density at radius 1 is 1.02 bits per heavy atom. The summed E-state index contributed by atoms with van der Waals surface area (Å²) in [6.45, 7) is 4.09. The molecule has 1 N–H and O–H groups in total. The minimum atomic E-state index is -0.774. The summed E-state index contributed by atoms with van der Waals surface area (Å²) in [5.74, 6) is 0.316. The van der Waals surface area contributed by atoms with Crippen LogP contribution < -0.4 is 10.4 Å². The van der Waals surface area contributed by atoms with Crippen LogP contribution in [-0.4, -0.2) is 34.7 Å². The van der Waals surface area contributed by atoms with Gasteiger partial charge in [0.2, 0.25) is 0 Å². The zero-order valence-corrected chi connectivity index (χ0v) is 24.8. The van der Waals surface area contributed by atoms with E-state index in [2.05, 4.69) is 0 Å². The van der Waals surface area contributed by atoms with Gasteiger partial charge in [0.15, 0.2) is 6.61 Å². The molecule has 0 spiro atoms. The molecule has 0 radical (unpaired) electrons. The zero-order valence-electron chi connectivity index (χ0n) is 24.1. The monoisotopic (exact) mass is 585 g/mol. The first-order valence-corrected chi connectivity index (χ1v) is 15.1. The Kier molecular flexibility index (Phi) is 7.86. The highest BCUT2D eigenvalue weighted by molar-refractivity contribution is 6.30. The third-order valence-electron chi connectivity index (χ3n) is 9.33. The predicted octanol–water partition coefficient (Wildman–Crippen LogP) is 6.93. The van der Waals surface area contributed by atoms with Crippen molar-refractivity contribution in [2.24, 2.45) is 5.92 Å². The summed E-state index contributed by atoms with van der Waals surface area (Å²) in [5.41, 5.74) is 3.56. The van der Waals surface area contributed by atoms with Crippen LogP contribution in [0.4, 0.5) is 0 Å². The van der Waals surface area contributed by atoms with Gasteiger partial charge < -0.3 is 19.2 Å². The van der Waals surface area contributed by atoms with Crippen molar-refractivity contribution < 1.29 is 19.1 Å². The SMILES string of the molecule is Cc1c(Cc2ccccc2)c(=O)oc2c(C)c(OCC(=O)N3CC[C@]4(O)CCCC[C@H]4[C@H]3c3ccc(Cl)cc3)ccc12. The Morgan fingerprint density at radius 2 is 1.79 bits per heavy atom. The highest BCUT2D eigenvalue weighted by Crippen LogP contribution is 2.49. The molecular formula is C35H36ClNO5. The normalized spacial score (nSPS) is 22.1. The second-order valence-corrected chi connectivity index (χ2v) is 12.2.